The number of primary amides is 1. The summed E-state index contributed by atoms with van der Waals surface area (Å²) in [4.78, 5) is 11.7. The average molecular weight is 212 g/mol. The molecule has 3 heteroatoms. The first-order valence-corrected chi connectivity index (χ1v) is 5.96. The van der Waals surface area contributed by atoms with Crippen LogP contribution in [0.2, 0.25) is 0 Å². The van der Waals surface area contributed by atoms with Crippen molar-refractivity contribution in [1.29, 1.82) is 0 Å². The number of amides is 1. The van der Waals surface area contributed by atoms with E-state index in [-0.39, 0.29) is 5.91 Å². The molecule has 3 N–H and O–H groups in total. The van der Waals surface area contributed by atoms with Gasteiger partial charge in [0, 0.05) is 6.04 Å². The third kappa shape index (κ3) is 2.51. The smallest absolute Gasteiger partial charge is 0.238 e. The van der Waals surface area contributed by atoms with E-state index >= 15 is 0 Å². The van der Waals surface area contributed by atoms with Gasteiger partial charge in [0.15, 0.2) is 0 Å². The Morgan fingerprint density at radius 2 is 2.07 bits per heavy atom. The minimum Gasteiger partial charge on any atom is -0.368 e. The Morgan fingerprint density at radius 1 is 1.47 bits per heavy atom. The molecule has 1 amide bonds. The normalized spacial score (nSPS) is 36.9. The quantitative estimate of drug-likeness (QED) is 0.747. The van der Waals surface area contributed by atoms with E-state index < -0.39 is 5.54 Å². The molecule has 0 aromatic rings. The standard InChI is InChI=1S/C12H24N2O/c1-8(2)14-12(11(13)15)6-5-9(3)7-10(12)4/h8-10,14H,5-7H2,1-4H3,(H2,13,15). The molecule has 0 saturated heterocycles. The summed E-state index contributed by atoms with van der Waals surface area (Å²) in [6.45, 7) is 8.51. The van der Waals surface area contributed by atoms with Crippen LogP contribution in [0.1, 0.15) is 47.0 Å². The minimum atomic E-state index is -0.472. The molecular formula is C12H24N2O. The summed E-state index contributed by atoms with van der Waals surface area (Å²) < 4.78 is 0. The summed E-state index contributed by atoms with van der Waals surface area (Å²) >= 11 is 0. The first kappa shape index (κ1) is 12.5. The van der Waals surface area contributed by atoms with Gasteiger partial charge in [-0.15, -0.1) is 0 Å². The highest BCUT2D eigenvalue weighted by Crippen LogP contribution is 2.36. The van der Waals surface area contributed by atoms with Gasteiger partial charge in [-0.1, -0.05) is 13.8 Å². The molecule has 1 aliphatic rings. The van der Waals surface area contributed by atoms with E-state index in [0.717, 1.165) is 19.3 Å². The van der Waals surface area contributed by atoms with Crippen LogP contribution in [-0.2, 0) is 4.79 Å². The monoisotopic (exact) mass is 212 g/mol. The molecule has 1 rings (SSSR count). The molecule has 3 nitrogen and oxygen atoms in total. The van der Waals surface area contributed by atoms with Gasteiger partial charge in [-0.3, -0.25) is 4.79 Å². The number of rotatable bonds is 3. The van der Waals surface area contributed by atoms with Crippen molar-refractivity contribution in [2.45, 2.75) is 58.5 Å². The van der Waals surface area contributed by atoms with Crippen molar-refractivity contribution in [2.75, 3.05) is 0 Å². The van der Waals surface area contributed by atoms with E-state index in [1.165, 1.54) is 0 Å². The molecule has 3 unspecified atom stereocenters. The topological polar surface area (TPSA) is 55.1 Å². The molecule has 0 heterocycles. The average Bonchev–Trinajstić information content (AvgIpc) is 2.09. The molecule has 88 valence electrons. The first-order valence-electron chi connectivity index (χ1n) is 5.96. The number of hydrogen-bond acceptors (Lipinski definition) is 2. The zero-order chi connectivity index (χ0) is 11.6. The molecule has 1 aliphatic carbocycles. The third-order valence-corrected chi connectivity index (χ3v) is 3.61. The van der Waals surface area contributed by atoms with Crippen molar-refractivity contribution in [3.63, 3.8) is 0 Å². The predicted octanol–water partition coefficient (Wildman–Crippen LogP) is 1.66. The van der Waals surface area contributed by atoms with E-state index in [1.54, 1.807) is 0 Å². The number of nitrogens with two attached hydrogens (primary N) is 1. The summed E-state index contributed by atoms with van der Waals surface area (Å²) in [5, 5.41) is 3.39. The van der Waals surface area contributed by atoms with E-state index in [9.17, 15) is 4.79 Å². The SMILES string of the molecule is CC1CCC(NC(C)C)(C(N)=O)C(C)C1. The Balaban J connectivity index is 2.85. The summed E-state index contributed by atoms with van der Waals surface area (Å²) in [5.74, 6) is 0.859. The van der Waals surface area contributed by atoms with Gasteiger partial charge in [0.1, 0.15) is 5.54 Å². The third-order valence-electron chi connectivity index (χ3n) is 3.61. The second-order valence-electron chi connectivity index (χ2n) is 5.42. The Labute approximate surface area is 92.8 Å². The van der Waals surface area contributed by atoms with Crippen LogP contribution in [0.4, 0.5) is 0 Å². The molecular weight excluding hydrogens is 188 g/mol. The van der Waals surface area contributed by atoms with E-state index in [2.05, 4.69) is 33.0 Å². The van der Waals surface area contributed by atoms with Crippen LogP contribution < -0.4 is 11.1 Å². The van der Waals surface area contributed by atoms with Crippen LogP contribution in [0.15, 0.2) is 0 Å². The van der Waals surface area contributed by atoms with Crippen molar-refractivity contribution >= 4 is 5.91 Å². The van der Waals surface area contributed by atoms with Gasteiger partial charge in [0.2, 0.25) is 5.91 Å². The lowest BCUT2D eigenvalue weighted by Gasteiger charge is -2.44. The van der Waals surface area contributed by atoms with Gasteiger partial charge in [-0.2, -0.15) is 0 Å². The van der Waals surface area contributed by atoms with Crippen molar-refractivity contribution < 1.29 is 4.79 Å². The fourth-order valence-corrected chi connectivity index (χ4v) is 2.81. The summed E-state index contributed by atoms with van der Waals surface area (Å²) in [6, 6.07) is 0.299. The highest BCUT2D eigenvalue weighted by Gasteiger charge is 2.45. The Morgan fingerprint density at radius 3 is 2.47 bits per heavy atom. The van der Waals surface area contributed by atoms with Gasteiger partial charge in [-0.05, 0) is 44.9 Å². The van der Waals surface area contributed by atoms with Crippen LogP contribution in [0.3, 0.4) is 0 Å². The second-order valence-corrected chi connectivity index (χ2v) is 5.42. The molecule has 0 aromatic carbocycles. The lowest BCUT2D eigenvalue weighted by molar-refractivity contribution is -0.128. The maximum atomic E-state index is 11.7. The Hall–Kier alpha value is -0.570. The molecule has 3 atom stereocenters. The lowest BCUT2D eigenvalue weighted by atomic mass is 9.69. The molecule has 15 heavy (non-hydrogen) atoms. The fraction of sp³-hybridized carbons (Fsp3) is 0.917. The minimum absolute atomic E-state index is 0.185. The number of hydrogen-bond donors (Lipinski definition) is 2. The van der Waals surface area contributed by atoms with Crippen LogP contribution >= 0.6 is 0 Å². The van der Waals surface area contributed by atoms with Crippen molar-refractivity contribution in [3.05, 3.63) is 0 Å². The van der Waals surface area contributed by atoms with Gasteiger partial charge in [0.05, 0.1) is 0 Å². The zero-order valence-electron chi connectivity index (χ0n) is 10.3. The number of carbonyl (C=O) groups excluding carboxylic acids is 1. The summed E-state index contributed by atoms with van der Waals surface area (Å²) in [7, 11) is 0. The van der Waals surface area contributed by atoms with E-state index in [1.807, 2.05) is 0 Å². The second kappa shape index (κ2) is 4.52. The van der Waals surface area contributed by atoms with Gasteiger partial charge >= 0.3 is 0 Å². The maximum absolute atomic E-state index is 11.7. The maximum Gasteiger partial charge on any atom is 0.238 e. The van der Waals surface area contributed by atoms with Crippen LogP contribution in [0.5, 0.6) is 0 Å². The Kier molecular flexibility index (Phi) is 3.77. The van der Waals surface area contributed by atoms with Crippen LogP contribution in [0.25, 0.3) is 0 Å². The number of carbonyl (C=O) groups is 1. The van der Waals surface area contributed by atoms with Gasteiger partial charge in [-0.25, -0.2) is 0 Å². The predicted molar refractivity (Wildman–Crippen MR) is 62.4 cm³/mol. The first-order chi connectivity index (χ1) is 6.88. The van der Waals surface area contributed by atoms with Gasteiger partial charge in [0.25, 0.3) is 0 Å². The molecule has 1 fully saturated rings. The zero-order valence-corrected chi connectivity index (χ0v) is 10.3. The summed E-state index contributed by atoms with van der Waals surface area (Å²) in [6.07, 6.45) is 3.05. The molecule has 0 bridgehead atoms. The molecule has 1 saturated carbocycles. The van der Waals surface area contributed by atoms with Crippen LogP contribution in [0, 0.1) is 11.8 Å². The van der Waals surface area contributed by atoms with E-state index in [4.69, 9.17) is 5.73 Å². The summed E-state index contributed by atoms with van der Waals surface area (Å²) in [5.41, 5.74) is 5.11. The number of nitrogens with one attached hydrogen (secondary N) is 1. The molecule has 0 aromatic heterocycles. The fourth-order valence-electron chi connectivity index (χ4n) is 2.81. The Bertz CT molecular complexity index is 240. The van der Waals surface area contributed by atoms with Crippen molar-refractivity contribution in [1.82, 2.24) is 5.32 Å². The molecule has 0 radical (unpaired) electrons. The van der Waals surface area contributed by atoms with Crippen molar-refractivity contribution in [3.8, 4) is 0 Å². The molecule has 0 spiro atoms. The highest BCUT2D eigenvalue weighted by atomic mass is 16.1. The van der Waals surface area contributed by atoms with Crippen molar-refractivity contribution in [2.24, 2.45) is 17.6 Å². The lowest BCUT2D eigenvalue weighted by Crippen LogP contribution is -2.63. The highest BCUT2D eigenvalue weighted by molar-refractivity contribution is 5.85. The largest absolute Gasteiger partial charge is 0.368 e. The molecule has 0 aliphatic heterocycles. The van der Waals surface area contributed by atoms with E-state index in [0.29, 0.717) is 17.9 Å². The van der Waals surface area contributed by atoms with Crippen LogP contribution in [-0.4, -0.2) is 17.5 Å². The van der Waals surface area contributed by atoms with Gasteiger partial charge < -0.3 is 11.1 Å².